The van der Waals surface area contributed by atoms with Crippen LogP contribution < -0.4 is 5.73 Å². The van der Waals surface area contributed by atoms with Crippen LogP contribution in [0, 0.1) is 5.92 Å². The fourth-order valence-corrected chi connectivity index (χ4v) is 3.73. The van der Waals surface area contributed by atoms with E-state index in [0.717, 1.165) is 51.9 Å². The molecule has 2 rings (SSSR count). The average Bonchev–Trinajstić information content (AvgIpc) is 2.98. The van der Waals surface area contributed by atoms with Gasteiger partial charge in [0.1, 0.15) is 0 Å². The lowest BCUT2D eigenvalue weighted by molar-refractivity contribution is -0.137. The quantitative estimate of drug-likeness (QED) is 0.786. The van der Waals surface area contributed by atoms with E-state index in [1.54, 1.807) is 0 Å². The van der Waals surface area contributed by atoms with Crippen LogP contribution in [-0.4, -0.2) is 52.9 Å². The molecule has 1 unspecified atom stereocenters. The molecule has 0 aromatic rings. The van der Waals surface area contributed by atoms with Crippen molar-refractivity contribution in [2.24, 2.45) is 11.7 Å². The molecule has 1 atom stereocenters. The number of amides is 1. The molecule has 0 aromatic heterocycles. The molecule has 0 bridgehead atoms. The summed E-state index contributed by atoms with van der Waals surface area (Å²) in [5.41, 5.74) is 5.86. The lowest BCUT2D eigenvalue weighted by Crippen LogP contribution is -2.55. The zero-order valence-electron chi connectivity index (χ0n) is 12.5. The van der Waals surface area contributed by atoms with Crippen molar-refractivity contribution in [1.29, 1.82) is 0 Å². The zero-order chi connectivity index (χ0) is 14.5. The Bertz CT molecular complexity index is 347. The Morgan fingerprint density at radius 2 is 1.85 bits per heavy atom. The van der Waals surface area contributed by atoms with E-state index in [0.29, 0.717) is 16.8 Å². The number of piperazine rings is 1. The van der Waals surface area contributed by atoms with Gasteiger partial charge in [0.2, 0.25) is 5.91 Å². The number of nitrogens with two attached hydrogens (primary N) is 1. The second-order valence-electron chi connectivity index (χ2n) is 6.05. The minimum absolute atomic E-state index is 0.207. The van der Waals surface area contributed by atoms with Crippen molar-refractivity contribution < 1.29 is 4.79 Å². The van der Waals surface area contributed by atoms with Crippen LogP contribution in [0.25, 0.3) is 0 Å². The van der Waals surface area contributed by atoms with E-state index >= 15 is 0 Å². The van der Waals surface area contributed by atoms with E-state index in [-0.39, 0.29) is 6.04 Å². The summed E-state index contributed by atoms with van der Waals surface area (Å²) in [5.74, 6) is 0.674. The van der Waals surface area contributed by atoms with E-state index in [2.05, 4.69) is 16.7 Å². The molecule has 1 saturated carbocycles. The standard InChI is InChI=1S/C15H27N3OS/c1-2-5-13(14(16)20)17-8-10-18(11-9-17)15(19)12-6-3-4-7-12/h12-13H,2-11H2,1H3,(H2,16,20). The minimum Gasteiger partial charge on any atom is -0.392 e. The van der Waals surface area contributed by atoms with Gasteiger partial charge in [0.25, 0.3) is 0 Å². The van der Waals surface area contributed by atoms with Crippen LogP contribution >= 0.6 is 12.2 Å². The highest BCUT2D eigenvalue weighted by atomic mass is 32.1. The van der Waals surface area contributed by atoms with E-state index in [4.69, 9.17) is 18.0 Å². The first kappa shape index (κ1) is 15.7. The SMILES string of the molecule is CCCC(C(N)=S)N1CCN(C(=O)C2CCCC2)CC1. The Morgan fingerprint density at radius 1 is 1.25 bits per heavy atom. The topological polar surface area (TPSA) is 49.6 Å². The summed E-state index contributed by atoms with van der Waals surface area (Å²) in [5, 5.41) is 0. The molecule has 2 fully saturated rings. The first-order valence-corrected chi connectivity index (χ1v) is 8.36. The third kappa shape index (κ3) is 3.70. The highest BCUT2D eigenvalue weighted by Gasteiger charge is 2.31. The van der Waals surface area contributed by atoms with Crippen molar-refractivity contribution in [3.63, 3.8) is 0 Å². The maximum atomic E-state index is 12.4. The summed E-state index contributed by atoms with van der Waals surface area (Å²) in [6.07, 6.45) is 6.72. The van der Waals surface area contributed by atoms with Gasteiger partial charge in [0.05, 0.1) is 11.0 Å². The molecule has 1 heterocycles. The highest BCUT2D eigenvalue weighted by molar-refractivity contribution is 7.80. The van der Waals surface area contributed by atoms with E-state index in [1.807, 2.05) is 0 Å². The van der Waals surface area contributed by atoms with Crippen molar-refractivity contribution in [3.8, 4) is 0 Å². The number of carbonyl (C=O) groups excluding carboxylic acids is 1. The summed E-state index contributed by atoms with van der Waals surface area (Å²) < 4.78 is 0. The van der Waals surface area contributed by atoms with Crippen LogP contribution in [-0.2, 0) is 4.79 Å². The van der Waals surface area contributed by atoms with Crippen LogP contribution in [0.2, 0.25) is 0 Å². The van der Waals surface area contributed by atoms with Gasteiger partial charge in [0.15, 0.2) is 0 Å². The number of hydrogen-bond acceptors (Lipinski definition) is 3. The summed E-state index contributed by atoms with van der Waals surface area (Å²) in [6, 6.07) is 0.207. The van der Waals surface area contributed by atoms with Crippen molar-refractivity contribution in [1.82, 2.24) is 9.80 Å². The van der Waals surface area contributed by atoms with E-state index in [1.165, 1.54) is 12.8 Å². The monoisotopic (exact) mass is 297 g/mol. The normalized spacial score (nSPS) is 22.9. The third-order valence-electron chi connectivity index (χ3n) is 4.66. The number of hydrogen-bond donors (Lipinski definition) is 1. The summed E-state index contributed by atoms with van der Waals surface area (Å²) >= 11 is 5.19. The molecule has 0 radical (unpaired) electrons. The molecule has 2 N–H and O–H groups in total. The Hall–Kier alpha value is -0.680. The molecule has 2 aliphatic rings. The van der Waals surface area contributed by atoms with Crippen LogP contribution in [0.1, 0.15) is 45.4 Å². The summed E-state index contributed by atoms with van der Waals surface area (Å²) in [6.45, 7) is 5.63. The molecular formula is C15H27N3OS. The lowest BCUT2D eigenvalue weighted by atomic mass is 10.1. The van der Waals surface area contributed by atoms with Gasteiger partial charge >= 0.3 is 0 Å². The van der Waals surface area contributed by atoms with Crippen LogP contribution in [0.4, 0.5) is 0 Å². The van der Waals surface area contributed by atoms with Crippen molar-refractivity contribution in [3.05, 3.63) is 0 Å². The van der Waals surface area contributed by atoms with Crippen molar-refractivity contribution in [2.75, 3.05) is 26.2 Å². The molecule has 1 aliphatic heterocycles. The third-order valence-corrected chi connectivity index (χ3v) is 4.93. The van der Waals surface area contributed by atoms with Crippen LogP contribution in [0.5, 0.6) is 0 Å². The fourth-order valence-electron chi connectivity index (χ4n) is 3.46. The minimum atomic E-state index is 0.207. The van der Waals surface area contributed by atoms with Crippen LogP contribution in [0.3, 0.4) is 0 Å². The van der Waals surface area contributed by atoms with Crippen LogP contribution in [0.15, 0.2) is 0 Å². The second-order valence-corrected chi connectivity index (χ2v) is 6.52. The maximum Gasteiger partial charge on any atom is 0.225 e. The van der Waals surface area contributed by atoms with Gasteiger partial charge in [-0.3, -0.25) is 9.69 Å². The van der Waals surface area contributed by atoms with Gasteiger partial charge in [-0.05, 0) is 19.3 Å². The number of thiocarbonyl (C=S) groups is 1. The molecule has 20 heavy (non-hydrogen) atoms. The molecule has 1 amide bonds. The molecule has 1 aliphatic carbocycles. The first-order valence-electron chi connectivity index (χ1n) is 7.95. The Balaban J connectivity index is 1.84. The van der Waals surface area contributed by atoms with E-state index in [9.17, 15) is 4.79 Å². The lowest BCUT2D eigenvalue weighted by Gasteiger charge is -2.39. The maximum absolute atomic E-state index is 12.4. The van der Waals surface area contributed by atoms with E-state index < -0.39 is 0 Å². The summed E-state index contributed by atoms with van der Waals surface area (Å²) in [7, 11) is 0. The predicted molar refractivity (Wildman–Crippen MR) is 85.6 cm³/mol. The predicted octanol–water partition coefficient (Wildman–Crippen LogP) is 1.78. The Morgan fingerprint density at radius 3 is 2.35 bits per heavy atom. The molecule has 0 spiro atoms. The highest BCUT2D eigenvalue weighted by Crippen LogP contribution is 2.27. The average molecular weight is 297 g/mol. The Labute approximate surface area is 127 Å². The van der Waals surface area contributed by atoms with Gasteiger partial charge < -0.3 is 10.6 Å². The van der Waals surface area contributed by atoms with Crippen molar-refractivity contribution in [2.45, 2.75) is 51.5 Å². The van der Waals surface area contributed by atoms with Crippen molar-refractivity contribution >= 4 is 23.1 Å². The molecule has 5 heteroatoms. The Kier molecular flexibility index (Phi) is 5.78. The second kappa shape index (κ2) is 7.36. The fraction of sp³-hybridized carbons (Fsp3) is 0.867. The number of nitrogens with zero attached hydrogens (tertiary/aromatic N) is 2. The smallest absolute Gasteiger partial charge is 0.225 e. The first-order chi connectivity index (χ1) is 9.63. The van der Waals surface area contributed by atoms with Gasteiger partial charge in [0, 0.05) is 32.1 Å². The largest absolute Gasteiger partial charge is 0.392 e. The van der Waals surface area contributed by atoms with Gasteiger partial charge in [-0.25, -0.2) is 0 Å². The number of rotatable bonds is 5. The van der Waals surface area contributed by atoms with Gasteiger partial charge in [-0.2, -0.15) is 0 Å². The molecule has 0 aromatic carbocycles. The zero-order valence-corrected chi connectivity index (χ0v) is 13.3. The number of carbonyl (C=O) groups is 1. The molecule has 114 valence electrons. The molecule has 1 saturated heterocycles. The molecular weight excluding hydrogens is 270 g/mol. The van der Waals surface area contributed by atoms with Gasteiger partial charge in [-0.15, -0.1) is 0 Å². The molecule has 4 nitrogen and oxygen atoms in total. The van der Waals surface area contributed by atoms with Gasteiger partial charge in [-0.1, -0.05) is 38.4 Å². The summed E-state index contributed by atoms with van der Waals surface area (Å²) in [4.78, 5) is 17.4.